The number of halogens is 1. The predicted octanol–water partition coefficient (Wildman–Crippen LogP) is 3.19. The summed E-state index contributed by atoms with van der Waals surface area (Å²) in [7, 11) is 3.90. The van der Waals surface area contributed by atoms with Crippen LogP contribution in [-0.4, -0.2) is 69.2 Å². The van der Waals surface area contributed by atoms with Crippen LogP contribution in [0, 0.1) is 0 Å². The highest BCUT2D eigenvalue weighted by atomic mass is 35.5. The topological polar surface area (TPSA) is 40.1 Å². The van der Waals surface area contributed by atoms with Crippen molar-refractivity contribution in [2.75, 3.05) is 53.5 Å². The second-order valence-electron chi connectivity index (χ2n) is 6.50. The molecule has 1 N–H and O–H groups in total. The maximum Gasteiger partial charge on any atom is 0.193 e. The summed E-state index contributed by atoms with van der Waals surface area (Å²) in [6, 6.07) is 8.36. The normalized spacial score (nSPS) is 17.0. The Morgan fingerprint density at radius 1 is 1.46 bits per heavy atom. The zero-order valence-electron chi connectivity index (χ0n) is 16.0. The van der Waals surface area contributed by atoms with E-state index < -0.39 is 0 Å². The Bertz CT molecular complexity index is 587. The molecule has 6 heteroatoms. The van der Waals surface area contributed by atoms with E-state index in [0.717, 1.165) is 63.2 Å². The zero-order chi connectivity index (χ0) is 18.8. The molecule has 1 atom stereocenters. The van der Waals surface area contributed by atoms with Crippen molar-refractivity contribution in [3.05, 3.63) is 47.5 Å². The fourth-order valence-electron chi connectivity index (χ4n) is 3.21. The fourth-order valence-corrected chi connectivity index (χ4v) is 3.41. The molecule has 144 valence electrons. The summed E-state index contributed by atoms with van der Waals surface area (Å²) in [5.74, 6) is 0.911. The van der Waals surface area contributed by atoms with Gasteiger partial charge >= 0.3 is 0 Å². The monoisotopic (exact) mass is 378 g/mol. The number of unbranched alkanes of at least 4 members (excludes halogenated alkanes) is 1. The third-order valence-corrected chi connectivity index (χ3v) is 4.88. The first kappa shape index (κ1) is 20.7. The van der Waals surface area contributed by atoms with Gasteiger partial charge in [0.1, 0.15) is 0 Å². The largest absolute Gasteiger partial charge is 0.379 e. The van der Waals surface area contributed by atoms with Gasteiger partial charge in [0, 0.05) is 45.3 Å². The first-order chi connectivity index (χ1) is 12.7. The highest BCUT2D eigenvalue weighted by molar-refractivity contribution is 6.30. The third kappa shape index (κ3) is 6.31. The van der Waals surface area contributed by atoms with Gasteiger partial charge in [-0.25, -0.2) is 0 Å². The van der Waals surface area contributed by atoms with Gasteiger partial charge in [-0.2, -0.15) is 0 Å². The number of ether oxygens (including phenoxy) is 1. The molecule has 0 amide bonds. The van der Waals surface area contributed by atoms with E-state index in [1.807, 2.05) is 25.3 Å². The molecule has 0 spiro atoms. The second kappa shape index (κ2) is 11.2. The van der Waals surface area contributed by atoms with Crippen molar-refractivity contribution in [1.82, 2.24) is 15.1 Å². The number of nitrogens with zero attached hydrogens (tertiary/aromatic N) is 3. The molecule has 0 saturated carbocycles. The van der Waals surface area contributed by atoms with Gasteiger partial charge in [0.25, 0.3) is 0 Å². The minimum Gasteiger partial charge on any atom is -0.379 e. The summed E-state index contributed by atoms with van der Waals surface area (Å²) >= 11 is 6.24. The molecule has 1 aromatic carbocycles. The van der Waals surface area contributed by atoms with Crippen LogP contribution in [0.4, 0.5) is 0 Å². The summed E-state index contributed by atoms with van der Waals surface area (Å²) in [6.07, 6.45) is 4.04. The van der Waals surface area contributed by atoms with Crippen LogP contribution in [0.2, 0.25) is 5.02 Å². The van der Waals surface area contributed by atoms with Crippen LogP contribution in [0.5, 0.6) is 0 Å². The average molecular weight is 379 g/mol. The molecule has 2 rings (SSSR count). The molecule has 1 saturated heterocycles. The van der Waals surface area contributed by atoms with E-state index in [1.54, 1.807) is 0 Å². The Hall–Kier alpha value is -1.56. The molecule has 5 nitrogen and oxygen atoms in total. The molecule has 1 fully saturated rings. The number of hydrogen-bond donors (Lipinski definition) is 1. The number of guanidine groups is 1. The summed E-state index contributed by atoms with van der Waals surface area (Å²) in [5.41, 5.74) is 1.22. The van der Waals surface area contributed by atoms with Crippen LogP contribution in [0.25, 0.3) is 0 Å². The van der Waals surface area contributed by atoms with Gasteiger partial charge < -0.3 is 15.0 Å². The molecule has 1 aliphatic rings. The van der Waals surface area contributed by atoms with Gasteiger partial charge in [0.05, 0.1) is 19.3 Å². The lowest BCUT2D eigenvalue weighted by Crippen LogP contribution is -2.46. The van der Waals surface area contributed by atoms with Crippen LogP contribution in [0.3, 0.4) is 0 Å². The molecule has 0 bridgehead atoms. The number of nitrogens with one attached hydrogen (secondary N) is 1. The molecule has 26 heavy (non-hydrogen) atoms. The van der Waals surface area contributed by atoms with Crippen molar-refractivity contribution in [3.63, 3.8) is 0 Å². The number of rotatable bonds is 8. The fraction of sp³-hybridized carbons (Fsp3) is 0.550. The Morgan fingerprint density at radius 2 is 2.23 bits per heavy atom. The molecule has 0 aromatic heterocycles. The lowest BCUT2D eigenvalue weighted by Gasteiger charge is -2.35. The highest BCUT2D eigenvalue weighted by Crippen LogP contribution is 2.24. The minimum atomic E-state index is 0.232. The van der Waals surface area contributed by atoms with Crippen LogP contribution in [0.15, 0.2) is 41.9 Å². The molecular formula is C20H31ClN4O. The van der Waals surface area contributed by atoms with Crippen LogP contribution in [-0.2, 0) is 4.74 Å². The standard InChI is InChI=1S/C20H31ClN4O/c1-4-5-6-10-24(3)20(22-2)23-16-19(25-11-13-26-14-12-25)17-8-7-9-18(21)15-17/h4,7-9,15,19H,1,5-6,10-14,16H2,2-3H3,(H,22,23). The van der Waals surface area contributed by atoms with Crippen molar-refractivity contribution in [2.24, 2.45) is 4.99 Å². The smallest absolute Gasteiger partial charge is 0.193 e. The molecule has 1 aliphatic heterocycles. The first-order valence-corrected chi connectivity index (χ1v) is 9.63. The maximum atomic E-state index is 6.24. The van der Waals surface area contributed by atoms with E-state index in [9.17, 15) is 0 Å². The van der Waals surface area contributed by atoms with Gasteiger partial charge in [-0.3, -0.25) is 9.89 Å². The van der Waals surface area contributed by atoms with E-state index in [0.29, 0.717) is 0 Å². The van der Waals surface area contributed by atoms with Gasteiger partial charge in [-0.1, -0.05) is 29.8 Å². The SMILES string of the molecule is C=CCCCN(C)C(=NC)NCC(c1cccc(Cl)c1)N1CCOCC1. The van der Waals surface area contributed by atoms with Gasteiger partial charge in [-0.05, 0) is 30.5 Å². The summed E-state index contributed by atoms with van der Waals surface area (Å²) in [4.78, 5) is 9.05. The molecule has 0 radical (unpaired) electrons. The van der Waals surface area contributed by atoms with Crippen molar-refractivity contribution >= 4 is 17.6 Å². The molecular weight excluding hydrogens is 348 g/mol. The number of allylic oxidation sites excluding steroid dienone is 1. The molecule has 1 heterocycles. The average Bonchev–Trinajstić information content (AvgIpc) is 2.66. The Morgan fingerprint density at radius 3 is 2.88 bits per heavy atom. The predicted molar refractivity (Wildman–Crippen MR) is 110 cm³/mol. The Balaban J connectivity index is 2.04. The number of hydrogen-bond acceptors (Lipinski definition) is 3. The number of benzene rings is 1. The number of aliphatic imine (C=N–C) groups is 1. The van der Waals surface area contributed by atoms with Crippen LogP contribution in [0.1, 0.15) is 24.4 Å². The van der Waals surface area contributed by atoms with E-state index in [2.05, 4.69) is 45.9 Å². The van der Waals surface area contributed by atoms with Crippen LogP contribution < -0.4 is 5.32 Å². The quantitative estimate of drug-likeness (QED) is 0.326. The van der Waals surface area contributed by atoms with Crippen molar-refractivity contribution in [3.8, 4) is 0 Å². The van der Waals surface area contributed by atoms with Gasteiger partial charge in [0.15, 0.2) is 5.96 Å². The third-order valence-electron chi connectivity index (χ3n) is 4.65. The van der Waals surface area contributed by atoms with Crippen molar-refractivity contribution in [1.29, 1.82) is 0 Å². The van der Waals surface area contributed by atoms with Crippen molar-refractivity contribution in [2.45, 2.75) is 18.9 Å². The minimum absolute atomic E-state index is 0.232. The Labute approximate surface area is 162 Å². The second-order valence-corrected chi connectivity index (χ2v) is 6.94. The van der Waals surface area contributed by atoms with Crippen LogP contribution >= 0.6 is 11.6 Å². The summed E-state index contributed by atoms with van der Waals surface area (Å²) in [6.45, 7) is 8.90. The maximum absolute atomic E-state index is 6.24. The van der Waals surface area contributed by atoms with E-state index in [4.69, 9.17) is 16.3 Å². The first-order valence-electron chi connectivity index (χ1n) is 9.25. The summed E-state index contributed by atoms with van der Waals surface area (Å²) < 4.78 is 5.52. The highest BCUT2D eigenvalue weighted by Gasteiger charge is 2.23. The van der Waals surface area contributed by atoms with Crippen molar-refractivity contribution < 1.29 is 4.74 Å². The zero-order valence-corrected chi connectivity index (χ0v) is 16.7. The molecule has 1 unspecified atom stereocenters. The lowest BCUT2D eigenvalue weighted by molar-refractivity contribution is 0.0169. The lowest BCUT2D eigenvalue weighted by atomic mass is 10.0. The molecule has 0 aliphatic carbocycles. The van der Waals surface area contributed by atoms with E-state index >= 15 is 0 Å². The van der Waals surface area contributed by atoms with E-state index in [-0.39, 0.29) is 6.04 Å². The number of morpholine rings is 1. The Kier molecular flexibility index (Phi) is 8.95. The molecule has 1 aromatic rings. The van der Waals surface area contributed by atoms with Gasteiger partial charge in [-0.15, -0.1) is 6.58 Å². The van der Waals surface area contributed by atoms with E-state index in [1.165, 1.54) is 5.56 Å². The van der Waals surface area contributed by atoms with Gasteiger partial charge in [0.2, 0.25) is 0 Å². The summed E-state index contributed by atoms with van der Waals surface area (Å²) in [5, 5.41) is 4.31.